The van der Waals surface area contributed by atoms with Gasteiger partial charge >= 0.3 is 0 Å². The molecule has 78 valence electrons. The summed E-state index contributed by atoms with van der Waals surface area (Å²) in [6.45, 7) is 6.14. The van der Waals surface area contributed by atoms with Crippen molar-refractivity contribution in [2.45, 2.75) is 26.8 Å². The molecule has 0 spiro atoms. The Kier molecular flexibility index (Phi) is 3.40. The second-order valence-corrected chi connectivity index (χ2v) is 5.21. The highest BCUT2D eigenvalue weighted by Crippen LogP contribution is 2.33. The molecule has 14 heavy (non-hydrogen) atoms. The van der Waals surface area contributed by atoms with Crippen LogP contribution in [0.15, 0.2) is 12.3 Å². The third-order valence-corrected chi connectivity index (χ3v) is 2.57. The molecule has 1 atom stereocenters. The van der Waals surface area contributed by atoms with Gasteiger partial charge in [0, 0.05) is 6.20 Å². The lowest BCUT2D eigenvalue weighted by atomic mass is 9.85. The summed E-state index contributed by atoms with van der Waals surface area (Å²) in [5.74, 6) is 0. The van der Waals surface area contributed by atoms with Crippen LogP contribution < -0.4 is 5.73 Å². The van der Waals surface area contributed by atoms with Crippen LogP contribution >= 0.6 is 23.2 Å². The van der Waals surface area contributed by atoms with E-state index in [-0.39, 0.29) is 11.5 Å². The van der Waals surface area contributed by atoms with Crippen LogP contribution in [0.5, 0.6) is 0 Å². The van der Waals surface area contributed by atoms with Gasteiger partial charge in [0.25, 0.3) is 0 Å². The number of nitrogens with zero attached hydrogens (tertiary/aromatic N) is 1. The third-order valence-electron chi connectivity index (χ3n) is 2.06. The van der Waals surface area contributed by atoms with Gasteiger partial charge in [0.05, 0.1) is 21.8 Å². The van der Waals surface area contributed by atoms with E-state index >= 15 is 0 Å². The molecule has 1 aromatic rings. The zero-order chi connectivity index (χ0) is 10.9. The largest absolute Gasteiger partial charge is 0.322 e. The second kappa shape index (κ2) is 4.05. The van der Waals surface area contributed by atoms with Gasteiger partial charge in [0.15, 0.2) is 0 Å². The van der Waals surface area contributed by atoms with Crippen molar-refractivity contribution >= 4 is 23.2 Å². The summed E-state index contributed by atoms with van der Waals surface area (Å²) in [6, 6.07) is 1.48. The fourth-order valence-corrected chi connectivity index (χ4v) is 1.56. The zero-order valence-corrected chi connectivity index (χ0v) is 10.0. The molecule has 1 rings (SSSR count). The lowest BCUT2D eigenvalue weighted by molar-refractivity contribution is 0.321. The molecule has 0 aliphatic rings. The van der Waals surface area contributed by atoms with Crippen molar-refractivity contribution in [1.82, 2.24) is 4.98 Å². The average molecular weight is 233 g/mol. The minimum atomic E-state index is -0.188. The van der Waals surface area contributed by atoms with Gasteiger partial charge in [-0.15, -0.1) is 0 Å². The predicted molar refractivity (Wildman–Crippen MR) is 60.6 cm³/mol. The number of nitrogens with two attached hydrogens (primary N) is 1. The molecule has 1 aromatic heterocycles. The van der Waals surface area contributed by atoms with Gasteiger partial charge < -0.3 is 5.73 Å². The van der Waals surface area contributed by atoms with Crippen LogP contribution in [0.2, 0.25) is 10.0 Å². The van der Waals surface area contributed by atoms with Crippen molar-refractivity contribution < 1.29 is 0 Å². The number of hydrogen-bond acceptors (Lipinski definition) is 2. The van der Waals surface area contributed by atoms with E-state index < -0.39 is 0 Å². The van der Waals surface area contributed by atoms with Crippen LogP contribution in [0.3, 0.4) is 0 Å². The Labute approximate surface area is 94.4 Å². The average Bonchev–Trinajstić information content (AvgIpc) is 2.01. The molecule has 0 saturated heterocycles. The number of hydrogen-bond donors (Lipinski definition) is 1. The summed E-state index contributed by atoms with van der Waals surface area (Å²) in [6.07, 6.45) is 1.56. The number of aromatic nitrogens is 1. The quantitative estimate of drug-likeness (QED) is 0.806. The molecule has 2 nitrogen and oxygen atoms in total. The molecule has 0 amide bonds. The fraction of sp³-hybridized carbons (Fsp3) is 0.500. The monoisotopic (exact) mass is 232 g/mol. The van der Waals surface area contributed by atoms with E-state index in [0.29, 0.717) is 15.7 Å². The van der Waals surface area contributed by atoms with Crippen molar-refractivity contribution in [2.75, 3.05) is 0 Å². The number of rotatable bonds is 1. The maximum absolute atomic E-state index is 6.03. The molecule has 0 aromatic carbocycles. The van der Waals surface area contributed by atoms with Crippen molar-refractivity contribution in [1.29, 1.82) is 0 Å². The first-order valence-electron chi connectivity index (χ1n) is 4.39. The lowest BCUT2D eigenvalue weighted by Gasteiger charge is -2.27. The highest BCUT2D eigenvalue weighted by Gasteiger charge is 2.25. The SMILES string of the molecule is CC(C)(C)[C@H](N)c1ncc(Cl)cc1Cl. The number of pyridine rings is 1. The number of halogens is 2. The van der Waals surface area contributed by atoms with E-state index in [9.17, 15) is 0 Å². The van der Waals surface area contributed by atoms with E-state index in [1.165, 1.54) is 0 Å². The smallest absolute Gasteiger partial charge is 0.0763 e. The first-order chi connectivity index (χ1) is 6.32. The normalized spacial score (nSPS) is 14.1. The molecule has 4 heteroatoms. The first kappa shape index (κ1) is 11.8. The molecular weight excluding hydrogens is 219 g/mol. The molecule has 0 fully saturated rings. The third kappa shape index (κ3) is 2.59. The van der Waals surface area contributed by atoms with Gasteiger partial charge in [-0.05, 0) is 11.5 Å². The highest BCUT2D eigenvalue weighted by atomic mass is 35.5. The van der Waals surface area contributed by atoms with Gasteiger partial charge in [-0.2, -0.15) is 0 Å². The van der Waals surface area contributed by atoms with E-state index in [4.69, 9.17) is 28.9 Å². The van der Waals surface area contributed by atoms with E-state index in [1.807, 2.05) is 20.8 Å². The Balaban J connectivity index is 3.08. The van der Waals surface area contributed by atoms with Crippen LogP contribution in [0.4, 0.5) is 0 Å². The van der Waals surface area contributed by atoms with Crippen molar-refractivity contribution in [2.24, 2.45) is 11.1 Å². The van der Waals surface area contributed by atoms with Gasteiger partial charge in [-0.1, -0.05) is 44.0 Å². The minimum absolute atomic E-state index is 0.0650. The maximum Gasteiger partial charge on any atom is 0.0763 e. The van der Waals surface area contributed by atoms with Crippen LogP contribution in [0, 0.1) is 5.41 Å². The summed E-state index contributed by atoms with van der Waals surface area (Å²) in [5.41, 5.74) is 6.67. The van der Waals surface area contributed by atoms with E-state index in [2.05, 4.69) is 4.98 Å². The Morgan fingerprint density at radius 1 is 1.36 bits per heavy atom. The van der Waals surface area contributed by atoms with Crippen LogP contribution in [-0.2, 0) is 0 Å². The highest BCUT2D eigenvalue weighted by molar-refractivity contribution is 6.34. The molecular formula is C10H14Cl2N2. The molecule has 0 radical (unpaired) electrons. The van der Waals surface area contributed by atoms with Crippen molar-refractivity contribution in [3.8, 4) is 0 Å². The molecule has 2 N–H and O–H groups in total. The Bertz CT molecular complexity index is 331. The molecule has 1 heterocycles. The van der Waals surface area contributed by atoms with E-state index in [1.54, 1.807) is 12.3 Å². The van der Waals surface area contributed by atoms with Crippen LogP contribution in [0.25, 0.3) is 0 Å². The van der Waals surface area contributed by atoms with Crippen molar-refractivity contribution in [3.63, 3.8) is 0 Å². The lowest BCUT2D eigenvalue weighted by Crippen LogP contribution is -2.27. The summed E-state index contributed by atoms with van der Waals surface area (Å²) in [5, 5.41) is 1.06. The predicted octanol–water partition coefficient (Wildman–Crippen LogP) is 3.43. The molecule has 0 unspecified atom stereocenters. The van der Waals surface area contributed by atoms with Gasteiger partial charge in [0.2, 0.25) is 0 Å². The van der Waals surface area contributed by atoms with Crippen LogP contribution in [0.1, 0.15) is 32.5 Å². The van der Waals surface area contributed by atoms with Crippen LogP contribution in [-0.4, -0.2) is 4.98 Å². The van der Waals surface area contributed by atoms with E-state index in [0.717, 1.165) is 0 Å². The summed E-state index contributed by atoms with van der Waals surface area (Å²) in [7, 11) is 0. The van der Waals surface area contributed by atoms with Crippen molar-refractivity contribution in [3.05, 3.63) is 28.0 Å². The topological polar surface area (TPSA) is 38.9 Å². The van der Waals surface area contributed by atoms with Gasteiger partial charge in [0.1, 0.15) is 0 Å². The Morgan fingerprint density at radius 3 is 2.36 bits per heavy atom. The summed E-state index contributed by atoms with van der Waals surface area (Å²) < 4.78 is 0. The minimum Gasteiger partial charge on any atom is -0.322 e. The second-order valence-electron chi connectivity index (χ2n) is 4.36. The standard InChI is InChI=1S/C10H14Cl2N2/c1-10(2,3)9(13)8-7(12)4-6(11)5-14-8/h4-5,9H,13H2,1-3H3/t9-/m1/s1. The van der Waals surface area contributed by atoms with Gasteiger partial charge in [-0.3, -0.25) is 4.98 Å². The zero-order valence-electron chi connectivity index (χ0n) is 8.51. The molecule has 0 bridgehead atoms. The molecule has 0 aliphatic carbocycles. The summed E-state index contributed by atoms with van der Waals surface area (Å²) in [4.78, 5) is 4.16. The molecule has 0 aliphatic heterocycles. The molecule has 0 saturated carbocycles. The fourth-order valence-electron chi connectivity index (χ4n) is 1.06. The maximum atomic E-state index is 6.03. The Hall–Kier alpha value is -0.310. The van der Waals surface area contributed by atoms with Gasteiger partial charge in [-0.25, -0.2) is 0 Å². The Morgan fingerprint density at radius 2 is 1.93 bits per heavy atom. The first-order valence-corrected chi connectivity index (χ1v) is 5.14. The summed E-state index contributed by atoms with van der Waals surface area (Å²) >= 11 is 11.8.